The maximum atomic E-state index is 9.63. The molecule has 1 unspecified atom stereocenters. The molecular weight excluding hydrogens is 232 g/mol. The van der Waals surface area contributed by atoms with E-state index < -0.39 is 0 Å². The molecule has 18 heavy (non-hydrogen) atoms. The predicted molar refractivity (Wildman–Crippen MR) is 69.8 cm³/mol. The lowest BCUT2D eigenvalue weighted by molar-refractivity contribution is -0.0383. The van der Waals surface area contributed by atoms with Crippen LogP contribution in [0.5, 0.6) is 11.5 Å². The van der Waals surface area contributed by atoms with Gasteiger partial charge in [0.15, 0.2) is 6.29 Å². The lowest BCUT2D eigenvalue weighted by Crippen LogP contribution is -2.13. The molecule has 1 N–H and O–H groups in total. The van der Waals surface area contributed by atoms with Crippen molar-refractivity contribution in [2.24, 2.45) is 0 Å². The van der Waals surface area contributed by atoms with Crippen molar-refractivity contribution < 1.29 is 19.3 Å². The molecule has 4 nitrogen and oxygen atoms in total. The standard InChI is InChI=1S/C14H20O4/c1-5-10(2)14(15)18-13-8-6-12(7-9-13)17-11(3)16-4/h6-9,11,15H,5H2,1-4H3. The molecule has 0 aliphatic carbocycles. The summed E-state index contributed by atoms with van der Waals surface area (Å²) in [4.78, 5) is 0. The number of rotatable bonds is 6. The third-order valence-corrected chi connectivity index (χ3v) is 2.57. The van der Waals surface area contributed by atoms with Gasteiger partial charge in [0.1, 0.15) is 11.5 Å². The molecule has 0 saturated heterocycles. The highest BCUT2D eigenvalue weighted by atomic mass is 16.7. The van der Waals surface area contributed by atoms with Gasteiger partial charge in [0.25, 0.3) is 5.95 Å². The smallest absolute Gasteiger partial charge is 0.280 e. The average Bonchev–Trinajstić information content (AvgIpc) is 2.39. The van der Waals surface area contributed by atoms with E-state index in [1.165, 1.54) is 0 Å². The number of aliphatic hydroxyl groups excluding tert-OH is 1. The summed E-state index contributed by atoms with van der Waals surface area (Å²) in [6.45, 7) is 5.59. The summed E-state index contributed by atoms with van der Waals surface area (Å²) in [5.74, 6) is 1.21. The molecule has 0 heterocycles. The van der Waals surface area contributed by atoms with Crippen LogP contribution in [0.2, 0.25) is 0 Å². The van der Waals surface area contributed by atoms with Crippen molar-refractivity contribution in [3.8, 4) is 11.5 Å². The van der Waals surface area contributed by atoms with Gasteiger partial charge in [0.05, 0.1) is 0 Å². The summed E-state index contributed by atoms with van der Waals surface area (Å²) in [6, 6.07) is 6.99. The number of hydrogen-bond acceptors (Lipinski definition) is 4. The second kappa shape index (κ2) is 6.91. The van der Waals surface area contributed by atoms with Crippen LogP contribution in [-0.2, 0) is 4.74 Å². The largest absolute Gasteiger partial charge is 0.481 e. The van der Waals surface area contributed by atoms with E-state index in [4.69, 9.17) is 14.2 Å². The Balaban J connectivity index is 2.66. The number of allylic oxidation sites excluding steroid dienone is 1. The molecule has 0 aliphatic heterocycles. The lowest BCUT2D eigenvalue weighted by atomic mass is 10.2. The lowest BCUT2D eigenvalue weighted by Gasteiger charge is -2.13. The Kier molecular flexibility index (Phi) is 5.52. The van der Waals surface area contributed by atoms with E-state index >= 15 is 0 Å². The van der Waals surface area contributed by atoms with Gasteiger partial charge >= 0.3 is 0 Å². The maximum Gasteiger partial charge on any atom is 0.280 e. The molecule has 1 atom stereocenters. The first-order chi connectivity index (χ1) is 8.56. The molecular formula is C14H20O4. The molecule has 0 fully saturated rings. The zero-order valence-electron chi connectivity index (χ0n) is 11.3. The maximum absolute atomic E-state index is 9.63. The minimum absolute atomic E-state index is 0.0450. The van der Waals surface area contributed by atoms with Crippen molar-refractivity contribution in [3.05, 3.63) is 35.8 Å². The minimum Gasteiger partial charge on any atom is -0.481 e. The molecule has 1 aromatic rings. The highest BCUT2D eigenvalue weighted by molar-refractivity contribution is 5.32. The van der Waals surface area contributed by atoms with E-state index in [1.807, 2.05) is 20.8 Å². The summed E-state index contributed by atoms with van der Waals surface area (Å²) in [6.07, 6.45) is 0.450. The fraction of sp³-hybridized carbons (Fsp3) is 0.429. The van der Waals surface area contributed by atoms with E-state index in [-0.39, 0.29) is 12.2 Å². The van der Waals surface area contributed by atoms with Gasteiger partial charge in [-0.1, -0.05) is 6.92 Å². The predicted octanol–water partition coefficient (Wildman–Crippen LogP) is 3.64. The molecule has 0 aromatic heterocycles. The molecule has 1 rings (SSSR count). The molecule has 0 aliphatic rings. The van der Waals surface area contributed by atoms with Crippen LogP contribution >= 0.6 is 0 Å². The van der Waals surface area contributed by atoms with E-state index in [9.17, 15) is 5.11 Å². The molecule has 0 radical (unpaired) electrons. The molecule has 0 saturated carbocycles. The Morgan fingerprint density at radius 2 is 1.78 bits per heavy atom. The normalized spacial score (nSPS) is 13.8. The summed E-state index contributed by atoms with van der Waals surface area (Å²) in [7, 11) is 1.58. The number of aliphatic hydroxyl groups is 1. The molecule has 0 spiro atoms. The van der Waals surface area contributed by atoms with Gasteiger partial charge < -0.3 is 19.3 Å². The number of benzene rings is 1. The first-order valence-electron chi connectivity index (χ1n) is 5.93. The Labute approximate surface area is 108 Å². The number of methoxy groups -OCH3 is 1. The first-order valence-corrected chi connectivity index (χ1v) is 5.93. The van der Waals surface area contributed by atoms with Gasteiger partial charge in [-0.2, -0.15) is 0 Å². The SMILES string of the molecule is CCC(C)=C(O)Oc1ccc(OC(C)OC)cc1. The van der Waals surface area contributed by atoms with Gasteiger partial charge in [-0.15, -0.1) is 0 Å². The van der Waals surface area contributed by atoms with Crippen LogP contribution in [0.3, 0.4) is 0 Å². The third-order valence-electron chi connectivity index (χ3n) is 2.57. The zero-order chi connectivity index (χ0) is 13.5. The second-order valence-corrected chi connectivity index (χ2v) is 3.93. The van der Waals surface area contributed by atoms with Crippen LogP contribution < -0.4 is 9.47 Å². The van der Waals surface area contributed by atoms with Gasteiger partial charge in [0, 0.05) is 12.7 Å². The Hall–Kier alpha value is -1.68. The van der Waals surface area contributed by atoms with Crippen molar-refractivity contribution in [1.29, 1.82) is 0 Å². The van der Waals surface area contributed by atoms with Crippen LogP contribution in [0.25, 0.3) is 0 Å². The van der Waals surface area contributed by atoms with E-state index in [1.54, 1.807) is 31.4 Å². The highest BCUT2D eigenvalue weighted by Crippen LogP contribution is 2.21. The Bertz CT molecular complexity index is 395. The third kappa shape index (κ3) is 4.30. The summed E-state index contributed by atoms with van der Waals surface area (Å²) >= 11 is 0. The summed E-state index contributed by atoms with van der Waals surface area (Å²) in [5.41, 5.74) is 0.809. The van der Waals surface area contributed by atoms with E-state index in [0.717, 1.165) is 12.0 Å². The summed E-state index contributed by atoms with van der Waals surface area (Å²) < 4.78 is 15.7. The molecule has 100 valence electrons. The van der Waals surface area contributed by atoms with Crippen molar-refractivity contribution >= 4 is 0 Å². The second-order valence-electron chi connectivity index (χ2n) is 3.93. The summed E-state index contributed by atoms with van der Waals surface area (Å²) in [5, 5.41) is 9.63. The van der Waals surface area contributed by atoms with Gasteiger partial charge in [-0.3, -0.25) is 0 Å². The zero-order valence-corrected chi connectivity index (χ0v) is 11.3. The van der Waals surface area contributed by atoms with Crippen molar-refractivity contribution in [1.82, 2.24) is 0 Å². The van der Waals surface area contributed by atoms with Crippen molar-refractivity contribution in [2.45, 2.75) is 33.5 Å². The van der Waals surface area contributed by atoms with E-state index in [0.29, 0.717) is 11.5 Å². The van der Waals surface area contributed by atoms with Crippen LogP contribution in [0.4, 0.5) is 0 Å². The van der Waals surface area contributed by atoms with Gasteiger partial charge in [-0.05, 0) is 44.5 Å². The molecule has 1 aromatic carbocycles. The molecule has 0 bridgehead atoms. The van der Waals surface area contributed by atoms with Crippen LogP contribution in [0, 0.1) is 0 Å². The fourth-order valence-electron chi connectivity index (χ4n) is 1.18. The van der Waals surface area contributed by atoms with Crippen molar-refractivity contribution in [3.63, 3.8) is 0 Å². The molecule has 4 heteroatoms. The molecule has 0 amide bonds. The number of ether oxygens (including phenoxy) is 3. The quantitative estimate of drug-likeness (QED) is 0.620. The van der Waals surface area contributed by atoms with Crippen LogP contribution in [0.15, 0.2) is 35.8 Å². The van der Waals surface area contributed by atoms with Gasteiger partial charge in [-0.25, -0.2) is 0 Å². The fourth-order valence-corrected chi connectivity index (χ4v) is 1.18. The van der Waals surface area contributed by atoms with Gasteiger partial charge in [0.2, 0.25) is 0 Å². The van der Waals surface area contributed by atoms with E-state index in [2.05, 4.69) is 0 Å². The monoisotopic (exact) mass is 252 g/mol. The van der Waals surface area contributed by atoms with Crippen LogP contribution in [0.1, 0.15) is 27.2 Å². The highest BCUT2D eigenvalue weighted by Gasteiger charge is 2.04. The first kappa shape index (κ1) is 14.4. The topological polar surface area (TPSA) is 47.9 Å². The minimum atomic E-state index is -0.299. The Morgan fingerprint density at radius 1 is 1.22 bits per heavy atom. The van der Waals surface area contributed by atoms with Crippen molar-refractivity contribution in [2.75, 3.05) is 7.11 Å². The number of hydrogen-bond donors (Lipinski definition) is 1. The van der Waals surface area contributed by atoms with Crippen LogP contribution in [-0.4, -0.2) is 18.5 Å². The average molecular weight is 252 g/mol. The Morgan fingerprint density at radius 3 is 2.28 bits per heavy atom.